The van der Waals surface area contributed by atoms with Crippen LogP contribution in [0, 0.1) is 6.92 Å². The van der Waals surface area contributed by atoms with Crippen LogP contribution >= 0.6 is 0 Å². The van der Waals surface area contributed by atoms with Gasteiger partial charge in [0, 0.05) is 18.9 Å². The summed E-state index contributed by atoms with van der Waals surface area (Å²) in [5, 5.41) is 4.08. The zero-order valence-corrected chi connectivity index (χ0v) is 6.16. The Bertz CT molecular complexity index is 156. The Morgan fingerprint density at radius 3 is 2.90 bits per heavy atom. The Morgan fingerprint density at radius 2 is 2.30 bits per heavy atom. The lowest BCUT2D eigenvalue weighted by Crippen LogP contribution is -1.97. The molecular formula is C8H13N2. The molecule has 1 aromatic rings. The maximum atomic E-state index is 4.08. The molecule has 0 bridgehead atoms. The van der Waals surface area contributed by atoms with Crippen LogP contribution in [0.4, 0.5) is 0 Å². The molecule has 10 heavy (non-hydrogen) atoms. The maximum absolute atomic E-state index is 4.08. The second-order valence-electron chi connectivity index (χ2n) is 2.33. The minimum atomic E-state index is 1.03. The number of nitrogens with zero attached hydrogens (tertiary/aromatic N) is 2. The molecule has 1 rings (SSSR count). The van der Waals surface area contributed by atoms with Crippen LogP contribution in [0.15, 0.2) is 18.5 Å². The summed E-state index contributed by atoms with van der Waals surface area (Å²) >= 11 is 0. The number of aryl methyl sites for hydroxylation is 1. The van der Waals surface area contributed by atoms with Gasteiger partial charge in [-0.2, -0.15) is 5.10 Å². The van der Waals surface area contributed by atoms with E-state index in [1.165, 1.54) is 12.8 Å². The highest BCUT2D eigenvalue weighted by molar-refractivity contribution is 4.77. The van der Waals surface area contributed by atoms with Gasteiger partial charge < -0.3 is 0 Å². The molecule has 0 atom stereocenters. The molecule has 0 aliphatic carbocycles. The molecule has 0 saturated carbocycles. The number of aromatic nitrogens is 2. The predicted octanol–water partition coefficient (Wildman–Crippen LogP) is 1.89. The van der Waals surface area contributed by atoms with Crippen LogP contribution in [0.3, 0.4) is 0 Å². The van der Waals surface area contributed by atoms with Gasteiger partial charge in [0.2, 0.25) is 0 Å². The molecular weight excluding hydrogens is 124 g/mol. The Hall–Kier alpha value is -0.790. The van der Waals surface area contributed by atoms with E-state index in [-0.39, 0.29) is 0 Å². The molecule has 55 valence electrons. The smallest absolute Gasteiger partial charge is 0.0489 e. The second-order valence-corrected chi connectivity index (χ2v) is 2.33. The Morgan fingerprint density at radius 1 is 1.40 bits per heavy atom. The summed E-state index contributed by atoms with van der Waals surface area (Å²) < 4.78 is 1.95. The van der Waals surface area contributed by atoms with Crippen molar-refractivity contribution in [3.63, 3.8) is 0 Å². The molecule has 1 radical (unpaired) electrons. The van der Waals surface area contributed by atoms with Crippen molar-refractivity contribution in [3.8, 4) is 0 Å². The summed E-state index contributed by atoms with van der Waals surface area (Å²) in [5.41, 5.74) is 0. The third-order valence-electron chi connectivity index (χ3n) is 1.45. The summed E-state index contributed by atoms with van der Waals surface area (Å²) in [4.78, 5) is 0. The van der Waals surface area contributed by atoms with Gasteiger partial charge in [-0.1, -0.05) is 19.8 Å². The number of hydrogen-bond donors (Lipinski definition) is 0. The van der Waals surface area contributed by atoms with Crippen molar-refractivity contribution in [1.82, 2.24) is 9.78 Å². The largest absolute Gasteiger partial charge is 0.273 e. The summed E-state index contributed by atoms with van der Waals surface area (Å²) in [7, 11) is 0. The van der Waals surface area contributed by atoms with Crippen LogP contribution in [-0.4, -0.2) is 9.78 Å². The monoisotopic (exact) mass is 137 g/mol. The molecule has 2 nitrogen and oxygen atoms in total. The van der Waals surface area contributed by atoms with E-state index in [2.05, 4.69) is 12.0 Å². The van der Waals surface area contributed by atoms with E-state index in [9.17, 15) is 0 Å². The summed E-state index contributed by atoms with van der Waals surface area (Å²) in [6.07, 6.45) is 7.21. The molecule has 0 unspecified atom stereocenters. The molecule has 0 spiro atoms. The first-order valence-electron chi connectivity index (χ1n) is 3.70. The molecule has 0 aromatic carbocycles. The second kappa shape index (κ2) is 4.09. The van der Waals surface area contributed by atoms with Crippen molar-refractivity contribution in [1.29, 1.82) is 0 Å². The van der Waals surface area contributed by atoms with Crippen LogP contribution in [0.2, 0.25) is 0 Å². The lowest BCUT2D eigenvalue weighted by molar-refractivity contribution is 0.560. The van der Waals surface area contributed by atoms with Crippen molar-refractivity contribution in [2.75, 3.05) is 0 Å². The van der Waals surface area contributed by atoms with Gasteiger partial charge in [-0.25, -0.2) is 0 Å². The third kappa shape index (κ3) is 2.21. The van der Waals surface area contributed by atoms with E-state index < -0.39 is 0 Å². The van der Waals surface area contributed by atoms with Gasteiger partial charge in [-0.3, -0.25) is 4.68 Å². The molecule has 2 heteroatoms. The zero-order valence-electron chi connectivity index (χ0n) is 6.16. The first-order valence-corrected chi connectivity index (χ1v) is 3.70. The van der Waals surface area contributed by atoms with Crippen LogP contribution < -0.4 is 0 Å². The van der Waals surface area contributed by atoms with Gasteiger partial charge >= 0.3 is 0 Å². The van der Waals surface area contributed by atoms with E-state index in [0.717, 1.165) is 13.0 Å². The highest BCUT2D eigenvalue weighted by atomic mass is 15.3. The Balaban J connectivity index is 2.15. The quantitative estimate of drug-likeness (QED) is 0.579. The predicted molar refractivity (Wildman–Crippen MR) is 41.4 cm³/mol. The maximum Gasteiger partial charge on any atom is 0.0489 e. The van der Waals surface area contributed by atoms with Gasteiger partial charge in [-0.05, 0) is 12.5 Å². The third-order valence-corrected chi connectivity index (χ3v) is 1.45. The van der Waals surface area contributed by atoms with Gasteiger partial charge in [-0.15, -0.1) is 0 Å². The summed E-state index contributed by atoms with van der Waals surface area (Å²) in [6.45, 7) is 4.81. The van der Waals surface area contributed by atoms with Crippen molar-refractivity contribution >= 4 is 0 Å². The van der Waals surface area contributed by atoms with Gasteiger partial charge in [0.05, 0.1) is 0 Å². The summed E-state index contributed by atoms with van der Waals surface area (Å²) in [6, 6.07) is 1.95. The van der Waals surface area contributed by atoms with Gasteiger partial charge in [0.25, 0.3) is 0 Å². The Labute approximate surface area is 61.9 Å². The molecule has 1 heterocycles. The van der Waals surface area contributed by atoms with E-state index in [4.69, 9.17) is 0 Å². The fourth-order valence-corrected chi connectivity index (χ4v) is 0.883. The average Bonchev–Trinajstić information content (AvgIpc) is 2.41. The standard InChI is InChI=1S/C8H13N2/c1-2-3-4-7-10-8-5-6-9-10/h5-6,8H,1-4,7H2. The molecule has 1 aromatic heterocycles. The molecule has 0 N–H and O–H groups in total. The van der Waals surface area contributed by atoms with Gasteiger partial charge in [0.1, 0.15) is 0 Å². The first kappa shape index (κ1) is 7.32. The molecule has 0 amide bonds. The SMILES string of the molecule is [CH2]CCCCn1cccn1. The van der Waals surface area contributed by atoms with Crippen molar-refractivity contribution in [3.05, 3.63) is 25.4 Å². The molecule has 0 aliphatic heterocycles. The number of unbranched alkanes of at least 4 members (excludes halogenated alkanes) is 2. The van der Waals surface area contributed by atoms with Crippen molar-refractivity contribution in [2.45, 2.75) is 25.8 Å². The van der Waals surface area contributed by atoms with Crippen molar-refractivity contribution < 1.29 is 0 Å². The topological polar surface area (TPSA) is 17.8 Å². The molecule has 0 aliphatic rings. The highest BCUT2D eigenvalue weighted by Gasteiger charge is 1.87. The van der Waals surface area contributed by atoms with E-state index in [0.29, 0.717) is 0 Å². The van der Waals surface area contributed by atoms with Crippen LogP contribution in [-0.2, 0) is 6.54 Å². The van der Waals surface area contributed by atoms with Crippen LogP contribution in [0.25, 0.3) is 0 Å². The lowest BCUT2D eigenvalue weighted by Gasteiger charge is -1.97. The molecule has 0 fully saturated rings. The minimum Gasteiger partial charge on any atom is -0.273 e. The first-order chi connectivity index (χ1) is 4.93. The van der Waals surface area contributed by atoms with Crippen LogP contribution in [0.1, 0.15) is 19.3 Å². The van der Waals surface area contributed by atoms with E-state index in [1.54, 1.807) is 0 Å². The van der Waals surface area contributed by atoms with Crippen molar-refractivity contribution in [2.24, 2.45) is 0 Å². The van der Waals surface area contributed by atoms with Crippen LogP contribution in [0.5, 0.6) is 0 Å². The summed E-state index contributed by atoms with van der Waals surface area (Å²) in [5.74, 6) is 0. The minimum absolute atomic E-state index is 1.03. The lowest BCUT2D eigenvalue weighted by atomic mass is 10.2. The average molecular weight is 137 g/mol. The fraction of sp³-hybridized carbons (Fsp3) is 0.500. The zero-order chi connectivity index (χ0) is 7.23. The van der Waals surface area contributed by atoms with E-state index in [1.807, 2.05) is 23.1 Å². The highest BCUT2D eigenvalue weighted by Crippen LogP contribution is 1.96. The normalized spacial score (nSPS) is 10.1. The van der Waals surface area contributed by atoms with E-state index >= 15 is 0 Å². The fourth-order valence-electron chi connectivity index (χ4n) is 0.883. The number of hydrogen-bond acceptors (Lipinski definition) is 1. The molecule has 0 saturated heterocycles. The Kier molecular flexibility index (Phi) is 3.00. The van der Waals surface area contributed by atoms with Gasteiger partial charge in [0.15, 0.2) is 0 Å². The number of rotatable bonds is 4.